The van der Waals surface area contributed by atoms with Crippen molar-refractivity contribution in [2.24, 2.45) is 43.3 Å². The molecule has 2 amide bonds. The number of benzene rings is 3. The number of anilines is 3. The Morgan fingerprint density at radius 3 is 1.02 bits per heavy atom. The average Bonchev–Trinajstić information content (AvgIpc) is 1.10. The van der Waals surface area contributed by atoms with Crippen molar-refractivity contribution in [1.82, 2.24) is 44.9 Å². The van der Waals surface area contributed by atoms with Crippen LogP contribution < -0.4 is 16.4 Å². The van der Waals surface area contributed by atoms with E-state index in [1.165, 1.54) is 18.6 Å². The predicted molar refractivity (Wildman–Crippen MR) is 354 cm³/mol. The van der Waals surface area contributed by atoms with Crippen LogP contribution in [-0.2, 0) is 19.2 Å². The first kappa shape index (κ1) is 63.1. The molecule has 6 aromatic heterocycles. The molecule has 8 bridgehead atoms. The highest BCUT2D eigenvalue weighted by atomic mass is 35.5. The van der Waals surface area contributed by atoms with E-state index < -0.39 is 22.2 Å². The van der Waals surface area contributed by atoms with E-state index in [2.05, 4.69) is 79.8 Å². The van der Waals surface area contributed by atoms with Crippen LogP contribution in [0.2, 0.25) is 15.1 Å². The smallest absolute Gasteiger partial charge is 0.309 e. The third-order valence-electron chi connectivity index (χ3n) is 21.5. The van der Waals surface area contributed by atoms with Crippen molar-refractivity contribution in [3.05, 3.63) is 106 Å². The molecule has 0 aliphatic heterocycles. The molecule has 0 unspecified atom stereocenters. The van der Waals surface area contributed by atoms with Crippen LogP contribution in [0.1, 0.15) is 151 Å². The third kappa shape index (κ3) is 10.8. The number of carboxylic acid groups (broad SMARTS) is 1. The molecule has 0 radical (unpaired) electrons. The summed E-state index contributed by atoms with van der Waals surface area (Å²) >= 11 is 24.5. The average molecular weight is 1390 g/mol. The van der Waals surface area contributed by atoms with Crippen molar-refractivity contribution in [3.8, 4) is 58.0 Å². The normalized spacial score (nSPS) is 28.9. The Hall–Kier alpha value is -9.69. The summed E-state index contributed by atoms with van der Waals surface area (Å²) < 4.78 is 17.5. The molecule has 3 aromatic carbocycles. The summed E-state index contributed by atoms with van der Waals surface area (Å²) in [5.74, 6) is 3.95. The van der Waals surface area contributed by atoms with Crippen molar-refractivity contribution in [2.75, 3.05) is 16.4 Å². The van der Waals surface area contributed by atoms with E-state index in [0.717, 1.165) is 83.9 Å². The van der Waals surface area contributed by atoms with Gasteiger partial charge in [0.15, 0.2) is 46.1 Å². The van der Waals surface area contributed by atoms with E-state index in [1.807, 2.05) is 18.2 Å². The number of carbonyl (C=O) groups excluding carboxylic acids is 3. The molecule has 24 nitrogen and oxygen atoms in total. The minimum atomic E-state index is -0.718. The SMILES string of the molecule is N#CC12CC(C(=O)Cl)(C1)C2.N#CC12CC(C(=O)Nc3cnc(-c4cc5oc(C6CC6)nc5cc4Cl)cn3)(C1)C2.N#CC12CC(C(=O)Nc3cnc(-c4cc5oc(C6CC6)nc5cc4Cl)cn3)(C1)C2.N#CC12CC(C(=O)O)(C1)C2.Nc1cnc(-c2cc3oc(C4CC4)nc3cc2Cl)cn1. The van der Waals surface area contributed by atoms with Gasteiger partial charge in [0.2, 0.25) is 17.1 Å². The largest absolute Gasteiger partial charge is 0.481 e. The maximum absolute atomic E-state index is 12.5. The Morgan fingerprint density at radius 2 is 0.755 bits per heavy atom. The number of halogens is 4. The lowest BCUT2D eigenvalue weighted by Gasteiger charge is -2.65. The molecule has 28 heteroatoms. The van der Waals surface area contributed by atoms with Crippen LogP contribution in [-0.4, -0.2) is 73.0 Å². The number of nitrogen functional groups attached to an aromatic ring is 1. The molecule has 15 fully saturated rings. The lowest BCUT2D eigenvalue weighted by Crippen LogP contribution is -2.66. The first-order chi connectivity index (χ1) is 46.9. The van der Waals surface area contributed by atoms with Gasteiger partial charge < -0.3 is 34.7 Å². The molecule has 0 atom stereocenters. The molecule has 24 rings (SSSR count). The van der Waals surface area contributed by atoms with Crippen molar-refractivity contribution in [1.29, 1.82) is 21.0 Å². The van der Waals surface area contributed by atoms with Gasteiger partial charge in [-0.2, -0.15) is 21.0 Å². The molecule has 492 valence electrons. The second-order valence-corrected chi connectivity index (χ2v) is 30.6. The zero-order chi connectivity index (χ0) is 68.1. The van der Waals surface area contributed by atoms with Gasteiger partial charge in [-0.1, -0.05) is 34.8 Å². The molecule has 9 aromatic rings. The lowest BCUT2D eigenvalue weighted by atomic mass is 9.35. The Bertz CT molecular complexity index is 4760. The Kier molecular flexibility index (Phi) is 14.4. The number of nitrogens with zero attached hydrogens (tertiary/aromatic N) is 13. The number of rotatable bonds is 12. The fourth-order valence-electron chi connectivity index (χ4n) is 15.6. The van der Waals surface area contributed by atoms with Gasteiger partial charge >= 0.3 is 5.97 Å². The molecular weight excluding hydrogens is 1330 g/mol. The third-order valence-corrected chi connectivity index (χ3v) is 22.8. The van der Waals surface area contributed by atoms with Gasteiger partial charge in [0.25, 0.3) is 0 Å². The molecule has 15 saturated carbocycles. The van der Waals surface area contributed by atoms with Crippen LogP contribution in [0.4, 0.5) is 17.5 Å². The van der Waals surface area contributed by atoms with E-state index in [4.69, 9.17) is 91.5 Å². The van der Waals surface area contributed by atoms with Crippen LogP contribution in [0.3, 0.4) is 0 Å². The van der Waals surface area contributed by atoms with E-state index in [0.29, 0.717) is 167 Å². The van der Waals surface area contributed by atoms with Crippen LogP contribution in [0.15, 0.2) is 86.8 Å². The van der Waals surface area contributed by atoms with Crippen molar-refractivity contribution >= 4 is 120 Å². The minimum Gasteiger partial charge on any atom is -0.481 e. The second kappa shape index (κ2) is 22.4. The molecule has 98 heavy (non-hydrogen) atoms. The number of amides is 2. The van der Waals surface area contributed by atoms with E-state index in [1.54, 1.807) is 36.8 Å². The number of carbonyl (C=O) groups is 4. The van der Waals surface area contributed by atoms with Crippen molar-refractivity contribution < 1.29 is 37.5 Å². The summed E-state index contributed by atoms with van der Waals surface area (Å²) in [6.45, 7) is 0. The quantitative estimate of drug-likeness (QED) is 0.0825. The van der Waals surface area contributed by atoms with Crippen molar-refractivity contribution in [3.63, 3.8) is 0 Å². The van der Waals surface area contributed by atoms with Crippen LogP contribution in [0.25, 0.3) is 67.1 Å². The van der Waals surface area contributed by atoms with Gasteiger partial charge in [-0.05, 0) is 164 Å². The number of hydrogen-bond donors (Lipinski definition) is 4. The van der Waals surface area contributed by atoms with Crippen molar-refractivity contribution in [2.45, 2.75) is 133 Å². The Morgan fingerprint density at radius 1 is 0.449 bits per heavy atom. The highest BCUT2D eigenvalue weighted by Crippen LogP contribution is 2.75. The van der Waals surface area contributed by atoms with Gasteiger partial charge in [0.1, 0.15) is 22.4 Å². The van der Waals surface area contributed by atoms with Crippen LogP contribution in [0, 0.1) is 88.6 Å². The number of hydrogen-bond acceptors (Lipinski definition) is 21. The van der Waals surface area contributed by atoms with E-state index in [9.17, 15) is 19.2 Å². The number of fused-ring (bicyclic) bond motifs is 3. The number of aliphatic carboxylic acids is 1. The van der Waals surface area contributed by atoms with Gasteiger partial charge in [0, 0.05) is 39.9 Å². The standard InChI is InChI=1S/2C21H16ClN5O2.C14H11ClN4O.C7H6ClNO.C7H7NO2/c2*22-13-4-14-16(29-18(26-14)11-1-2-11)3-12(13)15-5-25-17(6-24-15)27-19(28)21-7-20(8-21,9-21)10-23;15-9-4-10-12(20-14(19-10)7-1-2-7)3-8(9)11-5-18-13(16)6-17-11;8-5(10)7-1-6(2-7,3-7)4-9;8-4-6-1-7(2-6,3-6)5(9)10/h2*3-6,11H,1-2,7-9H2,(H,25,27,28);3-7H,1-2H2,(H2,16,18);1-3H2;1-3H2,(H,9,10). The minimum absolute atomic E-state index is 0.0783. The molecule has 6 heterocycles. The number of nitriles is 4. The summed E-state index contributed by atoms with van der Waals surface area (Å²) in [5.41, 5.74) is 11.5. The highest BCUT2D eigenvalue weighted by Gasteiger charge is 2.74. The monoisotopic (exact) mass is 1390 g/mol. The predicted octanol–water partition coefficient (Wildman–Crippen LogP) is 14.5. The lowest BCUT2D eigenvalue weighted by molar-refractivity contribution is -0.202. The highest BCUT2D eigenvalue weighted by molar-refractivity contribution is 6.65. The number of aromatic nitrogens is 9. The zero-order valence-electron chi connectivity index (χ0n) is 52.1. The molecule has 0 saturated heterocycles. The topological polar surface area (TPSA) is 389 Å². The van der Waals surface area contributed by atoms with E-state index in [-0.39, 0.29) is 44.1 Å². The Labute approximate surface area is 577 Å². The molecule has 0 spiro atoms. The fraction of sp³-hybridized carbons (Fsp3) is 0.414. The summed E-state index contributed by atoms with van der Waals surface area (Å²) in [6.07, 6.45) is 23.8. The maximum Gasteiger partial charge on any atom is 0.309 e. The number of nitrogens with two attached hydrogens (primary N) is 1. The molecule has 5 N–H and O–H groups in total. The summed E-state index contributed by atoms with van der Waals surface area (Å²) in [4.78, 5) is 85.4. The van der Waals surface area contributed by atoms with Crippen LogP contribution in [0.5, 0.6) is 0 Å². The molecular formula is C70H56Cl4N16O8. The Balaban J connectivity index is 0.000000102. The molecule has 15 aliphatic carbocycles. The van der Waals surface area contributed by atoms with Gasteiger partial charge in [-0.15, -0.1) is 0 Å². The summed E-state index contributed by atoms with van der Waals surface area (Å²) in [7, 11) is 0. The van der Waals surface area contributed by atoms with Gasteiger partial charge in [0.05, 0.1) is 132 Å². The van der Waals surface area contributed by atoms with Gasteiger partial charge in [-0.3, -0.25) is 34.1 Å². The number of carboxylic acids is 1. The first-order valence-electron chi connectivity index (χ1n) is 32.2. The molecule has 15 aliphatic rings. The number of nitrogens with one attached hydrogen (secondary N) is 2. The second-order valence-electron chi connectivity index (χ2n) is 29.1. The number of oxazole rings is 3. The first-order valence-corrected chi connectivity index (χ1v) is 33.7. The maximum atomic E-state index is 12.5. The summed E-state index contributed by atoms with van der Waals surface area (Å²) in [6, 6.07) is 19.9. The fourth-order valence-corrected chi connectivity index (χ4v) is 16.5. The van der Waals surface area contributed by atoms with Crippen LogP contribution >= 0.6 is 46.4 Å². The summed E-state index contributed by atoms with van der Waals surface area (Å²) in [5, 5.41) is 51.0. The van der Waals surface area contributed by atoms with Gasteiger partial charge in [-0.25, -0.2) is 29.9 Å². The van der Waals surface area contributed by atoms with E-state index >= 15 is 0 Å². The zero-order valence-corrected chi connectivity index (χ0v) is 55.1.